The van der Waals surface area contributed by atoms with Crippen LogP contribution in [0.1, 0.15) is 72.1 Å². The van der Waals surface area contributed by atoms with Crippen LogP contribution < -0.4 is 5.32 Å². The molecule has 1 aliphatic carbocycles. The molecule has 2 rings (SSSR count). The molecule has 2 heteroatoms. The minimum Gasteiger partial charge on any atom is -0.314 e. The lowest BCUT2D eigenvalue weighted by atomic mass is 9.81. The van der Waals surface area contributed by atoms with Gasteiger partial charge in [-0.2, -0.15) is 0 Å². The van der Waals surface area contributed by atoms with E-state index in [-0.39, 0.29) is 0 Å². The first kappa shape index (κ1) is 15.3. The fraction of sp³-hybridized carbons (Fsp3) is 1.00. The molecule has 1 aliphatic heterocycles. The van der Waals surface area contributed by atoms with E-state index < -0.39 is 0 Å². The van der Waals surface area contributed by atoms with Gasteiger partial charge >= 0.3 is 0 Å². The van der Waals surface area contributed by atoms with Crippen molar-refractivity contribution in [2.45, 2.75) is 90.3 Å². The Bertz CT molecular complexity index is 246. The molecule has 112 valence electrons. The summed E-state index contributed by atoms with van der Waals surface area (Å²) >= 11 is 0. The number of piperidine rings is 1. The Morgan fingerprint density at radius 1 is 1.05 bits per heavy atom. The monoisotopic (exact) mass is 266 g/mol. The highest BCUT2D eigenvalue weighted by molar-refractivity contribution is 4.88. The lowest BCUT2D eigenvalue weighted by Gasteiger charge is -2.45. The van der Waals surface area contributed by atoms with Crippen molar-refractivity contribution in [2.24, 2.45) is 5.92 Å². The maximum Gasteiger partial charge on any atom is 0.00983 e. The predicted octanol–water partition coefficient (Wildman–Crippen LogP) is 3.81. The fourth-order valence-electron chi connectivity index (χ4n) is 4.38. The van der Waals surface area contributed by atoms with Crippen molar-refractivity contribution < 1.29 is 0 Å². The Kier molecular flexibility index (Phi) is 6.15. The van der Waals surface area contributed by atoms with Crippen LogP contribution in [-0.2, 0) is 0 Å². The zero-order valence-electron chi connectivity index (χ0n) is 13.3. The van der Waals surface area contributed by atoms with E-state index in [4.69, 9.17) is 0 Å². The van der Waals surface area contributed by atoms with E-state index in [1.54, 1.807) is 0 Å². The number of hydrogen-bond donors (Lipinski definition) is 1. The molecule has 19 heavy (non-hydrogen) atoms. The summed E-state index contributed by atoms with van der Waals surface area (Å²) in [5.41, 5.74) is 0. The second kappa shape index (κ2) is 7.64. The largest absolute Gasteiger partial charge is 0.314 e. The molecule has 0 radical (unpaired) electrons. The Balaban J connectivity index is 1.77. The predicted molar refractivity (Wildman–Crippen MR) is 83.5 cm³/mol. The third kappa shape index (κ3) is 4.19. The van der Waals surface area contributed by atoms with Gasteiger partial charge in [0.2, 0.25) is 0 Å². The topological polar surface area (TPSA) is 15.3 Å². The Morgan fingerprint density at radius 2 is 1.79 bits per heavy atom. The molecule has 2 unspecified atom stereocenters. The molecule has 0 bridgehead atoms. The number of likely N-dealkylation sites (tertiary alicyclic amines) is 1. The Labute approximate surface area is 120 Å². The molecular formula is C17H34N2. The van der Waals surface area contributed by atoms with Gasteiger partial charge in [-0.15, -0.1) is 0 Å². The maximum absolute atomic E-state index is 3.64. The summed E-state index contributed by atoms with van der Waals surface area (Å²) in [5, 5.41) is 3.64. The van der Waals surface area contributed by atoms with Gasteiger partial charge in [-0.25, -0.2) is 0 Å². The molecule has 1 N–H and O–H groups in total. The molecule has 1 heterocycles. The number of nitrogens with zero attached hydrogens (tertiary/aromatic N) is 1. The van der Waals surface area contributed by atoms with Crippen molar-refractivity contribution in [2.75, 3.05) is 13.1 Å². The van der Waals surface area contributed by atoms with E-state index in [1.165, 1.54) is 57.9 Å². The fourth-order valence-corrected chi connectivity index (χ4v) is 4.38. The van der Waals surface area contributed by atoms with Gasteiger partial charge in [-0.3, -0.25) is 4.90 Å². The third-order valence-electron chi connectivity index (χ3n) is 5.40. The molecule has 2 fully saturated rings. The quantitative estimate of drug-likeness (QED) is 0.814. The molecule has 1 saturated carbocycles. The molecular weight excluding hydrogens is 232 g/mol. The Hall–Kier alpha value is -0.0800. The van der Waals surface area contributed by atoms with Gasteiger partial charge in [0.1, 0.15) is 0 Å². The summed E-state index contributed by atoms with van der Waals surface area (Å²) in [7, 11) is 0. The van der Waals surface area contributed by atoms with Crippen molar-refractivity contribution in [1.29, 1.82) is 0 Å². The van der Waals surface area contributed by atoms with Crippen molar-refractivity contribution in [1.82, 2.24) is 10.2 Å². The molecule has 0 amide bonds. The van der Waals surface area contributed by atoms with Gasteiger partial charge in [0.05, 0.1) is 0 Å². The first-order valence-corrected chi connectivity index (χ1v) is 8.73. The van der Waals surface area contributed by atoms with E-state index in [9.17, 15) is 0 Å². The van der Waals surface area contributed by atoms with Crippen LogP contribution in [0.5, 0.6) is 0 Å². The van der Waals surface area contributed by atoms with E-state index in [1.807, 2.05) is 0 Å². The molecule has 0 aromatic heterocycles. The minimum atomic E-state index is 0.771. The molecule has 0 aromatic rings. The second-order valence-corrected chi connectivity index (χ2v) is 6.83. The van der Waals surface area contributed by atoms with E-state index in [0.717, 1.165) is 30.6 Å². The van der Waals surface area contributed by atoms with Crippen LogP contribution in [0.15, 0.2) is 0 Å². The smallest absolute Gasteiger partial charge is 0.00983 e. The first-order valence-electron chi connectivity index (χ1n) is 8.73. The minimum absolute atomic E-state index is 0.771. The van der Waals surface area contributed by atoms with Gasteiger partial charge in [0.25, 0.3) is 0 Å². The van der Waals surface area contributed by atoms with Gasteiger partial charge in [0, 0.05) is 24.7 Å². The summed E-state index contributed by atoms with van der Waals surface area (Å²) in [6.07, 6.45) is 11.4. The lowest BCUT2D eigenvalue weighted by molar-refractivity contribution is 0.0580. The van der Waals surface area contributed by atoms with E-state index in [0.29, 0.717) is 0 Å². The molecule has 2 aliphatic rings. The summed E-state index contributed by atoms with van der Waals surface area (Å²) in [6.45, 7) is 9.45. The van der Waals surface area contributed by atoms with E-state index >= 15 is 0 Å². The number of hydrogen-bond acceptors (Lipinski definition) is 2. The van der Waals surface area contributed by atoms with Gasteiger partial charge in [-0.1, -0.05) is 26.7 Å². The van der Waals surface area contributed by atoms with Crippen LogP contribution in [0.4, 0.5) is 0 Å². The van der Waals surface area contributed by atoms with E-state index in [2.05, 4.69) is 31.0 Å². The highest BCUT2D eigenvalue weighted by atomic mass is 15.2. The summed E-state index contributed by atoms with van der Waals surface area (Å²) in [6, 6.07) is 2.45. The SMILES string of the molecule is CCCC1CCC(N2CCC(NCC)CC2C)CC1. The van der Waals surface area contributed by atoms with Crippen LogP contribution in [0.3, 0.4) is 0 Å². The summed E-state index contributed by atoms with van der Waals surface area (Å²) < 4.78 is 0. The molecule has 2 atom stereocenters. The van der Waals surface area contributed by atoms with Crippen LogP contribution in [-0.4, -0.2) is 36.1 Å². The van der Waals surface area contributed by atoms with Crippen molar-refractivity contribution >= 4 is 0 Å². The lowest BCUT2D eigenvalue weighted by Crippen LogP contribution is -2.52. The average molecular weight is 266 g/mol. The standard InChI is InChI=1S/C17H34N2/c1-4-6-15-7-9-17(10-8-15)19-12-11-16(18-5-2)13-14(19)3/h14-18H,4-13H2,1-3H3. The zero-order valence-corrected chi connectivity index (χ0v) is 13.3. The third-order valence-corrected chi connectivity index (χ3v) is 5.40. The van der Waals surface area contributed by atoms with Crippen LogP contribution in [0, 0.1) is 5.92 Å². The highest BCUT2D eigenvalue weighted by Crippen LogP contribution is 2.33. The zero-order chi connectivity index (χ0) is 13.7. The van der Waals surface area contributed by atoms with Crippen molar-refractivity contribution in [3.05, 3.63) is 0 Å². The van der Waals surface area contributed by atoms with Crippen LogP contribution in [0.25, 0.3) is 0 Å². The van der Waals surface area contributed by atoms with Gasteiger partial charge in [-0.05, 0) is 57.9 Å². The summed E-state index contributed by atoms with van der Waals surface area (Å²) in [4.78, 5) is 2.83. The molecule has 1 saturated heterocycles. The van der Waals surface area contributed by atoms with Crippen LogP contribution in [0.2, 0.25) is 0 Å². The summed E-state index contributed by atoms with van der Waals surface area (Å²) in [5.74, 6) is 1.04. The molecule has 0 aromatic carbocycles. The van der Waals surface area contributed by atoms with Crippen molar-refractivity contribution in [3.8, 4) is 0 Å². The number of rotatable bonds is 5. The molecule has 0 spiro atoms. The van der Waals surface area contributed by atoms with Crippen LogP contribution >= 0.6 is 0 Å². The molecule has 2 nitrogen and oxygen atoms in total. The number of nitrogens with one attached hydrogen (secondary N) is 1. The van der Waals surface area contributed by atoms with Gasteiger partial charge < -0.3 is 5.32 Å². The first-order chi connectivity index (χ1) is 9.24. The van der Waals surface area contributed by atoms with Gasteiger partial charge in [0.15, 0.2) is 0 Å². The Morgan fingerprint density at radius 3 is 2.37 bits per heavy atom. The normalized spacial score (nSPS) is 37.4. The average Bonchev–Trinajstić information content (AvgIpc) is 2.41. The highest BCUT2D eigenvalue weighted by Gasteiger charge is 2.32. The maximum atomic E-state index is 3.64. The van der Waals surface area contributed by atoms with Crippen molar-refractivity contribution in [3.63, 3.8) is 0 Å². The second-order valence-electron chi connectivity index (χ2n) is 6.83.